The highest BCUT2D eigenvalue weighted by molar-refractivity contribution is 6.28. The number of pyridine rings is 2. The molecule has 0 saturated carbocycles. The molecule has 0 radical (unpaired) electrons. The molecule has 0 spiro atoms. The lowest BCUT2D eigenvalue weighted by molar-refractivity contribution is 0.122. The second-order valence-corrected chi connectivity index (χ2v) is 18.1. The molecule has 0 amide bonds. The molecule has 0 aliphatic carbocycles. The maximum atomic E-state index is 6.63. The van der Waals surface area contributed by atoms with Gasteiger partial charge in [-0.25, -0.2) is 29.9 Å². The number of rotatable bonds is 11. The van der Waals surface area contributed by atoms with E-state index in [1.165, 1.54) is 16.8 Å². The summed E-state index contributed by atoms with van der Waals surface area (Å²) >= 11 is 6.63. The zero-order chi connectivity index (χ0) is 43.5. The standard InChI is InChI=1S/C48H57ClN14O2/c49-48-55-40-29-50-13-10-38(40)45(58-48)63-17-11-37(41(32-63)54-43-28-36(9-15-52-43)60-21-25-65-26-22-60)44-56-46(39-12-18-62(47(39)57-44)30-33-5-2-1-3-6-33)61-16-4-7-34(31-61)53-42-27-35(8-14-51-42)59-19-23-64-24-20-59/h1-3,5-6,8-9,12,14-15,18,27-28,34,37,41,50H,4,7,10-11,13,16-17,19-26,29-32H2,(H,51,53)(H,52,54)/t34-,37?,41+/m1/s1. The minimum absolute atomic E-state index is 0.0380. The van der Waals surface area contributed by atoms with Gasteiger partial charge in [0.05, 0.1) is 43.5 Å². The molecular weight excluding hydrogens is 840 g/mol. The van der Waals surface area contributed by atoms with Crippen molar-refractivity contribution < 1.29 is 9.47 Å². The molecule has 4 saturated heterocycles. The lowest BCUT2D eigenvalue weighted by Gasteiger charge is -2.40. The molecule has 10 heterocycles. The van der Waals surface area contributed by atoms with E-state index in [4.69, 9.17) is 46.0 Å². The number of hydrogen-bond acceptors (Lipinski definition) is 15. The fourth-order valence-corrected chi connectivity index (χ4v) is 10.5. The number of piperidine rings is 2. The topological polar surface area (TPSA) is 150 Å². The van der Waals surface area contributed by atoms with Crippen LogP contribution >= 0.6 is 11.6 Å². The van der Waals surface area contributed by atoms with Crippen LogP contribution in [0.4, 0.5) is 34.6 Å². The fraction of sp³-hybridized carbons (Fsp3) is 0.458. The predicted molar refractivity (Wildman–Crippen MR) is 256 cm³/mol. The van der Waals surface area contributed by atoms with Crippen LogP contribution in [-0.2, 0) is 29.0 Å². The van der Waals surface area contributed by atoms with Crippen molar-refractivity contribution in [2.45, 2.75) is 56.8 Å². The zero-order valence-corrected chi connectivity index (χ0v) is 37.5. The number of ether oxygens (including phenoxy) is 2. The number of morpholine rings is 2. The molecule has 0 bridgehead atoms. The Morgan fingerprint density at radius 2 is 1.43 bits per heavy atom. The number of nitrogens with one attached hydrogen (secondary N) is 3. The third kappa shape index (κ3) is 9.22. The average molecular weight is 898 g/mol. The first-order valence-electron chi connectivity index (χ1n) is 23.3. The number of fused-ring (bicyclic) bond motifs is 2. The summed E-state index contributed by atoms with van der Waals surface area (Å²) in [7, 11) is 0. The highest BCUT2D eigenvalue weighted by Gasteiger charge is 2.37. The molecule has 65 heavy (non-hydrogen) atoms. The first-order valence-corrected chi connectivity index (χ1v) is 23.7. The zero-order valence-electron chi connectivity index (χ0n) is 36.8. The quantitative estimate of drug-likeness (QED) is 0.139. The van der Waals surface area contributed by atoms with E-state index >= 15 is 0 Å². The Balaban J connectivity index is 0.945. The molecule has 17 heteroatoms. The molecule has 11 rings (SSSR count). The van der Waals surface area contributed by atoms with E-state index in [2.05, 4.69) is 112 Å². The summed E-state index contributed by atoms with van der Waals surface area (Å²) in [5, 5.41) is 12.6. The van der Waals surface area contributed by atoms with Gasteiger partial charge in [-0.15, -0.1) is 0 Å². The van der Waals surface area contributed by atoms with Crippen molar-refractivity contribution in [3.05, 3.63) is 107 Å². The molecule has 338 valence electrons. The number of benzene rings is 1. The summed E-state index contributed by atoms with van der Waals surface area (Å²) in [5.41, 5.74) is 6.63. The minimum atomic E-state index is -0.106. The second-order valence-electron chi connectivity index (χ2n) is 17.8. The molecule has 1 unspecified atom stereocenters. The van der Waals surface area contributed by atoms with Crippen molar-refractivity contribution in [3.63, 3.8) is 0 Å². The van der Waals surface area contributed by atoms with Crippen LogP contribution in [0.2, 0.25) is 5.28 Å². The van der Waals surface area contributed by atoms with Gasteiger partial charge in [-0.1, -0.05) is 30.3 Å². The van der Waals surface area contributed by atoms with Crippen LogP contribution in [0.15, 0.2) is 79.3 Å². The Hall–Kier alpha value is -5.81. The van der Waals surface area contributed by atoms with Crippen molar-refractivity contribution >= 4 is 57.3 Å². The Kier molecular flexibility index (Phi) is 12.2. The summed E-state index contributed by atoms with van der Waals surface area (Å²) in [4.78, 5) is 39.9. The first kappa shape index (κ1) is 41.9. The van der Waals surface area contributed by atoms with Gasteiger partial charge in [-0.3, -0.25) is 0 Å². The average Bonchev–Trinajstić information content (AvgIpc) is 3.76. The lowest BCUT2D eigenvalue weighted by Crippen LogP contribution is -2.48. The van der Waals surface area contributed by atoms with E-state index in [1.54, 1.807) is 0 Å². The van der Waals surface area contributed by atoms with Crippen LogP contribution in [0.5, 0.6) is 0 Å². The molecule has 5 aliphatic rings. The molecule has 3 atom stereocenters. The second kappa shape index (κ2) is 19.0. The lowest BCUT2D eigenvalue weighted by atomic mass is 9.89. The number of anilines is 6. The van der Waals surface area contributed by atoms with Gasteiger partial charge >= 0.3 is 0 Å². The van der Waals surface area contributed by atoms with Crippen LogP contribution < -0.4 is 35.6 Å². The molecule has 4 fully saturated rings. The van der Waals surface area contributed by atoms with Gasteiger partial charge in [-0.05, 0) is 67.6 Å². The van der Waals surface area contributed by atoms with Crippen molar-refractivity contribution in [2.24, 2.45) is 0 Å². The number of hydrogen-bond donors (Lipinski definition) is 3. The fourth-order valence-electron chi connectivity index (χ4n) is 10.3. The van der Waals surface area contributed by atoms with Gasteiger partial charge in [0.2, 0.25) is 5.28 Å². The Morgan fingerprint density at radius 3 is 2.18 bits per heavy atom. The maximum Gasteiger partial charge on any atom is 0.224 e. The van der Waals surface area contributed by atoms with E-state index in [1.807, 2.05) is 12.4 Å². The molecule has 16 nitrogen and oxygen atoms in total. The van der Waals surface area contributed by atoms with Gasteiger partial charge in [0, 0.05) is 125 Å². The molecular formula is C48H57ClN14O2. The highest BCUT2D eigenvalue weighted by Crippen LogP contribution is 2.37. The van der Waals surface area contributed by atoms with E-state index in [-0.39, 0.29) is 23.3 Å². The number of nitrogens with zero attached hydrogens (tertiary/aromatic N) is 11. The smallest absolute Gasteiger partial charge is 0.224 e. The molecule has 1 aromatic carbocycles. The Morgan fingerprint density at radius 1 is 0.708 bits per heavy atom. The summed E-state index contributed by atoms with van der Waals surface area (Å²) in [6.45, 7) is 11.8. The Labute approximate surface area is 384 Å². The first-order chi connectivity index (χ1) is 32.1. The van der Waals surface area contributed by atoms with Crippen molar-refractivity contribution in [3.8, 4) is 0 Å². The summed E-state index contributed by atoms with van der Waals surface area (Å²) in [6, 6.07) is 21.5. The molecule has 5 aromatic heterocycles. The van der Waals surface area contributed by atoms with Gasteiger partial charge < -0.3 is 49.6 Å². The summed E-state index contributed by atoms with van der Waals surface area (Å²) in [6.07, 6.45) is 9.73. The van der Waals surface area contributed by atoms with E-state index < -0.39 is 0 Å². The monoisotopic (exact) mass is 896 g/mol. The summed E-state index contributed by atoms with van der Waals surface area (Å²) < 4.78 is 13.6. The molecule has 3 N–H and O–H groups in total. The minimum Gasteiger partial charge on any atom is -0.378 e. The number of halogens is 1. The largest absolute Gasteiger partial charge is 0.378 e. The van der Waals surface area contributed by atoms with Crippen LogP contribution in [0.25, 0.3) is 11.0 Å². The van der Waals surface area contributed by atoms with Crippen molar-refractivity contribution in [2.75, 3.05) is 116 Å². The third-order valence-corrected chi connectivity index (χ3v) is 13.8. The van der Waals surface area contributed by atoms with Gasteiger partial charge in [0.15, 0.2) is 0 Å². The van der Waals surface area contributed by atoms with E-state index in [9.17, 15) is 0 Å². The molecule has 6 aromatic rings. The molecule has 5 aliphatic heterocycles. The van der Waals surface area contributed by atoms with E-state index in [0.717, 1.165) is 143 Å². The third-order valence-electron chi connectivity index (χ3n) is 13.6. The highest BCUT2D eigenvalue weighted by atomic mass is 35.5. The summed E-state index contributed by atoms with van der Waals surface area (Å²) in [5.74, 6) is 4.43. The van der Waals surface area contributed by atoms with Gasteiger partial charge in [0.25, 0.3) is 0 Å². The van der Waals surface area contributed by atoms with Gasteiger partial charge in [0.1, 0.15) is 34.7 Å². The van der Waals surface area contributed by atoms with Crippen LogP contribution in [0.1, 0.15) is 47.8 Å². The van der Waals surface area contributed by atoms with Crippen LogP contribution in [0, 0.1) is 0 Å². The number of aromatic nitrogens is 7. The normalized spacial score (nSPS) is 21.6. The SMILES string of the molecule is Clc1nc2c(c(N3CCC(c4nc(N5CCC[C@@H](Nc6cc(N7CCOCC7)ccn6)C5)c5ccn(Cc6ccccc6)c5n4)[C@@H](Nc4cc(N5CCOCC5)ccn4)C3)n1)CCNC2. The predicted octanol–water partition coefficient (Wildman–Crippen LogP) is 5.59. The Bertz CT molecular complexity index is 2580. The van der Waals surface area contributed by atoms with Crippen molar-refractivity contribution in [1.29, 1.82) is 0 Å². The van der Waals surface area contributed by atoms with Crippen LogP contribution in [0.3, 0.4) is 0 Å². The van der Waals surface area contributed by atoms with Crippen LogP contribution in [-0.4, -0.2) is 132 Å². The van der Waals surface area contributed by atoms with Gasteiger partial charge in [-0.2, -0.15) is 0 Å². The van der Waals surface area contributed by atoms with Crippen molar-refractivity contribution in [1.82, 2.24) is 39.8 Å². The maximum absolute atomic E-state index is 6.63. The van der Waals surface area contributed by atoms with E-state index in [0.29, 0.717) is 32.8 Å².